The monoisotopic (exact) mass is 245 g/mol. The molecule has 2 aromatic rings. The minimum atomic E-state index is 0.0179. The quantitative estimate of drug-likeness (QED) is 0.594. The first kappa shape index (κ1) is 11.5. The van der Waals surface area contributed by atoms with Gasteiger partial charge in [0.05, 0.1) is 5.69 Å². The molecular weight excluding hydrogens is 226 g/mol. The lowest BCUT2D eigenvalue weighted by molar-refractivity contribution is 0.563. The van der Waals surface area contributed by atoms with E-state index in [2.05, 4.69) is 37.4 Å². The molecule has 0 aromatic carbocycles. The van der Waals surface area contributed by atoms with Crippen LogP contribution in [0.1, 0.15) is 44.1 Å². The van der Waals surface area contributed by atoms with Crippen molar-refractivity contribution >= 4 is 11.5 Å². The van der Waals surface area contributed by atoms with Gasteiger partial charge in [-0.25, -0.2) is 10.8 Å². The van der Waals surface area contributed by atoms with Gasteiger partial charge in [0.25, 0.3) is 0 Å². The van der Waals surface area contributed by atoms with Crippen LogP contribution in [0.5, 0.6) is 0 Å². The molecule has 2 heterocycles. The topological polar surface area (TPSA) is 68.2 Å². The van der Waals surface area contributed by atoms with Crippen LogP contribution < -0.4 is 11.3 Å². The van der Waals surface area contributed by atoms with E-state index in [0.717, 1.165) is 42.1 Å². The van der Waals surface area contributed by atoms with Gasteiger partial charge in [0.2, 0.25) is 0 Å². The van der Waals surface area contributed by atoms with Gasteiger partial charge in [-0.2, -0.15) is 9.61 Å². The summed E-state index contributed by atoms with van der Waals surface area (Å²) in [5.74, 6) is 6.56. The van der Waals surface area contributed by atoms with Gasteiger partial charge in [-0.15, -0.1) is 0 Å². The van der Waals surface area contributed by atoms with Gasteiger partial charge >= 0.3 is 0 Å². The molecule has 0 aliphatic heterocycles. The van der Waals surface area contributed by atoms with Crippen molar-refractivity contribution in [3.8, 4) is 0 Å². The molecule has 0 saturated carbocycles. The number of rotatable bonds is 1. The summed E-state index contributed by atoms with van der Waals surface area (Å²) in [6.45, 7) is 6.45. The Morgan fingerprint density at radius 1 is 1.33 bits per heavy atom. The molecule has 0 radical (unpaired) electrons. The van der Waals surface area contributed by atoms with Crippen molar-refractivity contribution in [3.63, 3.8) is 0 Å². The number of hydrazine groups is 1. The van der Waals surface area contributed by atoms with Gasteiger partial charge in [-0.3, -0.25) is 0 Å². The molecule has 0 unspecified atom stereocenters. The Morgan fingerprint density at radius 3 is 2.78 bits per heavy atom. The molecule has 0 bridgehead atoms. The summed E-state index contributed by atoms with van der Waals surface area (Å²) < 4.78 is 1.84. The third-order valence-corrected chi connectivity index (χ3v) is 3.53. The molecule has 18 heavy (non-hydrogen) atoms. The van der Waals surface area contributed by atoms with Crippen LogP contribution in [0.3, 0.4) is 0 Å². The number of anilines is 1. The van der Waals surface area contributed by atoms with E-state index in [4.69, 9.17) is 10.8 Å². The second kappa shape index (κ2) is 3.68. The molecule has 0 fully saturated rings. The SMILES string of the molecule is CC(C)(C)c1cc2nc3c(c(NN)n2n1)CCC3. The van der Waals surface area contributed by atoms with E-state index in [1.807, 2.05) is 4.52 Å². The summed E-state index contributed by atoms with van der Waals surface area (Å²) in [5, 5.41) is 4.64. The van der Waals surface area contributed by atoms with Crippen molar-refractivity contribution < 1.29 is 0 Å². The van der Waals surface area contributed by atoms with Crippen molar-refractivity contribution in [2.75, 3.05) is 5.43 Å². The maximum Gasteiger partial charge on any atom is 0.157 e. The normalized spacial score (nSPS) is 15.1. The first-order chi connectivity index (χ1) is 8.50. The van der Waals surface area contributed by atoms with Crippen LogP contribution in [0.4, 0.5) is 5.82 Å². The minimum Gasteiger partial charge on any atom is -0.308 e. The molecule has 2 aromatic heterocycles. The van der Waals surface area contributed by atoms with E-state index in [-0.39, 0.29) is 5.41 Å². The van der Waals surface area contributed by atoms with Crippen molar-refractivity contribution in [2.24, 2.45) is 5.84 Å². The molecule has 0 amide bonds. The average molecular weight is 245 g/mol. The highest BCUT2D eigenvalue weighted by Gasteiger charge is 2.23. The van der Waals surface area contributed by atoms with Crippen LogP contribution in [0.15, 0.2) is 6.07 Å². The lowest BCUT2D eigenvalue weighted by atomic mass is 9.93. The Labute approximate surface area is 106 Å². The van der Waals surface area contributed by atoms with Gasteiger partial charge < -0.3 is 5.43 Å². The third kappa shape index (κ3) is 1.58. The number of nitrogens with one attached hydrogen (secondary N) is 1. The number of fused-ring (bicyclic) bond motifs is 2. The standard InChI is InChI=1S/C13H19N5/c1-13(2,3)10-7-11-15-9-6-4-5-8(9)12(16-14)18(11)17-10/h7,16H,4-6,14H2,1-3H3. The molecular formula is C13H19N5. The van der Waals surface area contributed by atoms with Crippen LogP contribution in [-0.4, -0.2) is 14.6 Å². The van der Waals surface area contributed by atoms with E-state index in [0.29, 0.717) is 0 Å². The van der Waals surface area contributed by atoms with Crippen molar-refractivity contribution in [2.45, 2.75) is 45.4 Å². The first-order valence-electron chi connectivity index (χ1n) is 6.39. The first-order valence-corrected chi connectivity index (χ1v) is 6.39. The highest BCUT2D eigenvalue weighted by Crippen LogP contribution is 2.30. The fraction of sp³-hybridized carbons (Fsp3) is 0.538. The smallest absolute Gasteiger partial charge is 0.157 e. The Hall–Kier alpha value is -1.62. The number of aromatic nitrogens is 3. The van der Waals surface area contributed by atoms with Crippen molar-refractivity contribution in [3.05, 3.63) is 23.0 Å². The number of hydrogen-bond donors (Lipinski definition) is 2. The third-order valence-electron chi connectivity index (χ3n) is 3.53. The second-order valence-electron chi connectivity index (χ2n) is 5.93. The van der Waals surface area contributed by atoms with Crippen LogP contribution in [0.25, 0.3) is 5.65 Å². The molecule has 0 atom stereocenters. The minimum absolute atomic E-state index is 0.0179. The maximum absolute atomic E-state index is 5.67. The zero-order valence-electron chi connectivity index (χ0n) is 11.1. The van der Waals surface area contributed by atoms with Crippen LogP contribution in [0, 0.1) is 0 Å². The van der Waals surface area contributed by atoms with Gasteiger partial charge in [0.1, 0.15) is 5.82 Å². The van der Waals surface area contributed by atoms with Crippen LogP contribution in [0.2, 0.25) is 0 Å². The lowest BCUT2D eigenvalue weighted by Gasteiger charge is -2.14. The molecule has 1 aliphatic rings. The maximum atomic E-state index is 5.67. The second-order valence-corrected chi connectivity index (χ2v) is 5.93. The van der Waals surface area contributed by atoms with E-state index < -0.39 is 0 Å². The summed E-state index contributed by atoms with van der Waals surface area (Å²) in [6.07, 6.45) is 3.22. The average Bonchev–Trinajstić information content (AvgIpc) is 2.89. The Morgan fingerprint density at radius 2 is 2.11 bits per heavy atom. The highest BCUT2D eigenvalue weighted by molar-refractivity contribution is 5.57. The molecule has 96 valence electrons. The van der Waals surface area contributed by atoms with Gasteiger partial charge in [0, 0.05) is 22.7 Å². The summed E-state index contributed by atoms with van der Waals surface area (Å²) in [5.41, 5.74) is 7.11. The van der Waals surface area contributed by atoms with E-state index in [1.165, 1.54) is 5.56 Å². The Kier molecular flexibility index (Phi) is 2.35. The van der Waals surface area contributed by atoms with E-state index in [1.54, 1.807) is 0 Å². The largest absolute Gasteiger partial charge is 0.308 e. The zero-order chi connectivity index (χ0) is 12.9. The number of nitrogens with zero attached hydrogens (tertiary/aromatic N) is 3. The summed E-state index contributed by atoms with van der Waals surface area (Å²) in [4.78, 5) is 4.70. The predicted octanol–water partition coefficient (Wildman–Crippen LogP) is 1.80. The fourth-order valence-corrected chi connectivity index (χ4v) is 2.50. The van der Waals surface area contributed by atoms with Crippen molar-refractivity contribution in [1.29, 1.82) is 0 Å². The molecule has 0 spiro atoms. The van der Waals surface area contributed by atoms with E-state index >= 15 is 0 Å². The molecule has 3 rings (SSSR count). The summed E-state index contributed by atoms with van der Waals surface area (Å²) in [6, 6.07) is 2.06. The molecule has 0 saturated heterocycles. The molecule has 1 aliphatic carbocycles. The number of hydrogen-bond acceptors (Lipinski definition) is 4. The molecule has 5 nitrogen and oxygen atoms in total. The Balaban J connectivity index is 2.28. The van der Waals surface area contributed by atoms with E-state index in [9.17, 15) is 0 Å². The lowest BCUT2D eigenvalue weighted by Crippen LogP contribution is -2.16. The van der Waals surface area contributed by atoms with Gasteiger partial charge in [-0.1, -0.05) is 20.8 Å². The highest BCUT2D eigenvalue weighted by atomic mass is 15.4. The van der Waals surface area contributed by atoms with Crippen LogP contribution in [-0.2, 0) is 18.3 Å². The number of aryl methyl sites for hydroxylation is 1. The van der Waals surface area contributed by atoms with Crippen molar-refractivity contribution in [1.82, 2.24) is 14.6 Å². The number of nitrogens with two attached hydrogens (primary N) is 1. The molecule has 3 N–H and O–H groups in total. The zero-order valence-corrected chi connectivity index (χ0v) is 11.1. The summed E-state index contributed by atoms with van der Waals surface area (Å²) >= 11 is 0. The van der Waals surface area contributed by atoms with Gasteiger partial charge in [-0.05, 0) is 19.3 Å². The summed E-state index contributed by atoms with van der Waals surface area (Å²) in [7, 11) is 0. The fourth-order valence-electron chi connectivity index (χ4n) is 2.50. The van der Waals surface area contributed by atoms with Crippen LogP contribution >= 0.6 is 0 Å². The predicted molar refractivity (Wildman–Crippen MR) is 71.5 cm³/mol. The molecule has 5 heteroatoms. The van der Waals surface area contributed by atoms with Gasteiger partial charge in [0.15, 0.2) is 5.65 Å². The Bertz CT molecular complexity index is 606. The number of nitrogen functional groups attached to an aromatic ring is 1.